The highest BCUT2D eigenvalue weighted by Gasteiger charge is 2.40. The number of piperazine rings is 1. The van der Waals surface area contributed by atoms with Crippen LogP contribution < -0.4 is 5.73 Å². The Morgan fingerprint density at radius 1 is 1.22 bits per heavy atom. The van der Waals surface area contributed by atoms with Gasteiger partial charge in [-0.05, 0) is 37.7 Å². The molecule has 17 heteroatoms. The van der Waals surface area contributed by atoms with E-state index in [1.165, 1.54) is 15.6 Å². The number of tetrazole rings is 1. The fraction of sp³-hybridized carbons (Fsp3) is 0.417. The van der Waals surface area contributed by atoms with Gasteiger partial charge in [0.05, 0.1) is 10.6 Å². The van der Waals surface area contributed by atoms with Crippen LogP contribution in [0.5, 0.6) is 0 Å². The van der Waals surface area contributed by atoms with Crippen LogP contribution >= 0.6 is 22.9 Å². The van der Waals surface area contributed by atoms with Gasteiger partial charge in [-0.2, -0.15) is 9.52 Å². The van der Waals surface area contributed by atoms with Crippen molar-refractivity contribution in [2.24, 2.45) is 5.73 Å². The summed E-state index contributed by atoms with van der Waals surface area (Å²) in [5, 5.41) is 15.5. The Balaban J connectivity index is 1.27. The molecular weight excluding hydrogens is 592 g/mol. The molecule has 5 heterocycles. The summed E-state index contributed by atoms with van der Waals surface area (Å²) in [5.74, 6) is -0.347. The molecule has 216 valence electrons. The zero-order chi connectivity index (χ0) is 28.9. The average Bonchev–Trinajstić information content (AvgIpc) is 3.70. The molecule has 41 heavy (non-hydrogen) atoms. The largest absolute Gasteiger partial charge is 0.368 e. The van der Waals surface area contributed by atoms with Gasteiger partial charge in [-0.25, -0.2) is 13.4 Å². The molecule has 0 spiro atoms. The zero-order valence-corrected chi connectivity index (χ0v) is 24.3. The number of halogens is 1. The molecule has 2 atom stereocenters. The Morgan fingerprint density at radius 3 is 2.80 bits per heavy atom. The summed E-state index contributed by atoms with van der Waals surface area (Å²) in [4.78, 5) is 37.7. The minimum Gasteiger partial charge on any atom is -0.368 e. The SMILES string of the molecule is CN1CCc2nc(C(=O)N3CCN(S(=O)(=O)c4cc5cc(Cl)ccc5[nH]4)CC3CCc3nn[nH]n3)sc2C1C(N)=O. The van der Waals surface area contributed by atoms with Crippen molar-refractivity contribution < 1.29 is 18.0 Å². The average molecular weight is 619 g/mol. The molecule has 3 aromatic heterocycles. The molecule has 1 aromatic carbocycles. The van der Waals surface area contributed by atoms with Gasteiger partial charge in [-0.3, -0.25) is 14.5 Å². The van der Waals surface area contributed by atoms with Gasteiger partial charge in [-0.15, -0.1) is 21.5 Å². The molecule has 0 radical (unpaired) electrons. The number of hydrogen-bond donors (Lipinski definition) is 3. The van der Waals surface area contributed by atoms with Crippen LogP contribution in [0.1, 0.15) is 38.7 Å². The molecule has 2 aliphatic rings. The second-order valence-corrected chi connectivity index (χ2v) is 13.5. The summed E-state index contributed by atoms with van der Waals surface area (Å²) in [7, 11) is -2.09. The summed E-state index contributed by atoms with van der Waals surface area (Å²) in [6.45, 7) is 0.923. The molecular formula is C24H27ClN10O4S2. The van der Waals surface area contributed by atoms with Gasteiger partial charge in [0.25, 0.3) is 15.9 Å². The van der Waals surface area contributed by atoms with Crippen LogP contribution in [-0.4, -0.2) is 104 Å². The number of nitrogens with two attached hydrogens (primary N) is 1. The first-order valence-corrected chi connectivity index (χ1v) is 15.6. The van der Waals surface area contributed by atoms with Gasteiger partial charge in [0.2, 0.25) is 5.91 Å². The van der Waals surface area contributed by atoms with Gasteiger partial charge in [0.15, 0.2) is 10.8 Å². The quantitative estimate of drug-likeness (QED) is 0.271. The van der Waals surface area contributed by atoms with Gasteiger partial charge in [0.1, 0.15) is 11.1 Å². The maximum absolute atomic E-state index is 13.8. The van der Waals surface area contributed by atoms with Crippen molar-refractivity contribution in [2.75, 3.05) is 33.2 Å². The molecule has 2 unspecified atom stereocenters. The second-order valence-electron chi connectivity index (χ2n) is 10.1. The van der Waals surface area contributed by atoms with Crippen molar-refractivity contribution in [3.8, 4) is 0 Å². The van der Waals surface area contributed by atoms with Crippen LogP contribution in [0.25, 0.3) is 10.9 Å². The maximum atomic E-state index is 13.8. The van der Waals surface area contributed by atoms with Crippen LogP contribution in [0.15, 0.2) is 29.3 Å². The molecule has 0 bridgehead atoms. The number of carbonyl (C=O) groups excluding carboxylic acids is 2. The Labute approximate surface area is 243 Å². The number of benzene rings is 1. The minimum atomic E-state index is -3.90. The fourth-order valence-corrected chi connectivity index (χ4v) is 8.33. The summed E-state index contributed by atoms with van der Waals surface area (Å²) in [5.41, 5.74) is 7.01. The number of hydrogen-bond acceptors (Lipinski definition) is 10. The first-order valence-electron chi connectivity index (χ1n) is 12.9. The summed E-state index contributed by atoms with van der Waals surface area (Å²) in [6, 6.07) is 5.56. The Bertz CT molecular complexity index is 1720. The van der Waals surface area contributed by atoms with Gasteiger partial charge in [-0.1, -0.05) is 16.8 Å². The number of aryl methyl sites for hydroxylation is 1. The van der Waals surface area contributed by atoms with Crippen LogP contribution in [-0.2, 0) is 27.7 Å². The Hall–Kier alpha value is -3.44. The predicted octanol–water partition coefficient (Wildman–Crippen LogP) is 0.953. The first-order chi connectivity index (χ1) is 19.6. The fourth-order valence-electron chi connectivity index (χ4n) is 5.43. The predicted molar refractivity (Wildman–Crippen MR) is 150 cm³/mol. The van der Waals surface area contributed by atoms with E-state index in [0.29, 0.717) is 58.1 Å². The van der Waals surface area contributed by atoms with Gasteiger partial charge in [0, 0.05) is 61.0 Å². The summed E-state index contributed by atoms with van der Waals surface area (Å²) < 4.78 is 28.8. The topological polar surface area (TPSA) is 187 Å². The van der Waals surface area contributed by atoms with Crippen LogP contribution in [0.2, 0.25) is 5.02 Å². The molecule has 4 N–H and O–H groups in total. The summed E-state index contributed by atoms with van der Waals surface area (Å²) in [6.07, 6.45) is 1.38. The van der Waals surface area contributed by atoms with Crippen LogP contribution in [0.3, 0.4) is 0 Å². The molecule has 6 rings (SSSR count). The number of nitrogens with zero attached hydrogens (tertiary/aromatic N) is 7. The molecule has 14 nitrogen and oxygen atoms in total. The molecule has 1 fully saturated rings. The van der Waals surface area contributed by atoms with Crippen molar-refractivity contribution in [3.63, 3.8) is 0 Å². The highest BCUT2D eigenvalue weighted by molar-refractivity contribution is 7.89. The van der Waals surface area contributed by atoms with E-state index in [1.54, 1.807) is 29.2 Å². The number of carbonyl (C=O) groups is 2. The maximum Gasteiger partial charge on any atom is 0.283 e. The van der Waals surface area contributed by atoms with Crippen molar-refractivity contribution in [3.05, 3.63) is 50.7 Å². The van der Waals surface area contributed by atoms with E-state index in [2.05, 4.69) is 30.6 Å². The van der Waals surface area contributed by atoms with Crippen LogP contribution in [0, 0.1) is 0 Å². The first kappa shape index (κ1) is 27.7. The number of sulfonamides is 1. The van der Waals surface area contributed by atoms with Crippen LogP contribution in [0.4, 0.5) is 0 Å². The number of primary amides is 1. The van der Waals surface area contributed by atoms with E-state index < -0.39 is 28.0 Å². The monoisotopic (exact) mass is 618 g/mol. The lowest BCUT2D eigenvalue weighted by molar-refractivity contribution is -0.123. The Kier molecular flexibility index (Phi) is 7.27. The summed E-state index contributed by atoms with van der Waals surface area (Å²) >= 11 is 7.26. The number of likely N-dealkylation sites (N-methyl/N-ethyl adjacent to an activating group) is 1. The van der Waals surface area contributed by atoms with Gasteiger partial charge >= 0.3 is 0 Å². The second kappa shape index (κ2) is 10.8. The van der Waals surface area contributed by atoms with E-state index in [-0.39, 0.29) is 35.6 Å². The molecule has 2 aliphatic heterocycles. The number of H-pyrrole nitrogens is 2. The number of rotatable bonds is 7. The van der Waals surface area contributed by atoms with Gasteiger partial charge < -0.3 is 15.6 Å². The van der Waals surface area contributed by atoms with E-state index in [9.17, 15) is 18.0 Å². The van der Waals surface area contributed by atoms with Crippen molar-refractivity contribution >= 4 is 55.7 Å². The third-order valence-corrected chi connectivity index (χ3v) is 10.7. The number of thiazole rings is 1. The number of amides is 2. The highest BCUT2D eigenvalue weighted by Crippen LogP contribution is 2.34. The Morgan fingerprint density at radius 2 is 2.05 bits per heavy atom. The molecule has 0 aliphatic carbocycles. The highest BCUT2D eigenvalue weighted by atomic mass is 35.5. The third kappa shape index (κ3) is 5.21. The number of fused-ring (bicyclic) bond motifs is 2. The van der Waals surface area contributed by atoms with E-state index >= 15 is 0 Å². The van der Waals surface area contributed by atoms with E-state index in [0.717, 1.165) is 0 Å². The zero-order valence-electron chi connectivity index (χ0n) is 21.9. The molecule has 1 saturated heterocycles. The molecule has 0 saturated carbocycles. The normalized spacial score (nSPS) is 20.4. The number of nitrogens with one attached hydrogen (secondary N) is 2. The lowest BCUT2D eigenvalue weighted by atomic mass is 10.1. The lowest BCUT2D eigenvalue weighted by Crippen LogP contribution is -2.56. The number of aromatic nitrogens is 6. The van der Waals surface area contributed by atoms with Crippen molar-refractivity contribution in [1.82, 2.24) is 44.7 Å². The molecule has 4 aromatic rings. The van der Waals surface area contributed by atoms with Crippen molar-refractivity contribution in [1.29, 1.82) is 0 Å². The molecule has 2 amide bonds. The number of aromatic amines is 2. The van der Waals surface area contributed by atoms with Crippen molar-refractivity contribution in [2.45, 2.75) is 36.4 Å². The van der Waals surface area contributed by atoms with E-state index in [1.807, 2.05) is 11.9 Å². The lowest BCUT2D eigenvalue weighted by Gasteiger charge is -2.40. The van der Waals surface area contributed by atoms with E-state index in [4.69, 9.17) is 17.3 Å². The minimum absolute atomic E-state index is 0.0562. The third-order valence-electron chi connectivity index (χ3n) is 7.54. The smallest absolute Gasteiger partial charge is 0.283 e. The standard InChI is InChI=1S/C24H27ClN10O4S2/c1-33-7-6-17-21(20(33)22(26)36)40-23(28-17)24(37)35-9-8-34(12-15(35)3-5-18-29-31-32-30-18)41(38,39)19-11-13-10-14(25)2-4-16(13)27-19/h2,4,10-11,15,20,27H,3,5-9,12H2,1H3,(H2,26,36)(H,29,30,31,32).